The van der Waals surface area contributed by atoms with Gasteiger partial charge in [0.15, 0.2) is 5.01 Å². The molecule has 0 aliphatic carbocycles. The fraction of sp³-hybridized carbons (Fsp3) is 0.316. The second-order valence-corrected chi connectivity index (χ2v) is 7.35. The smallest absolute Gasteiger partial charge is 0.209 e. The Morgan fingerprint density at radius 1 is 1.16 bits per heavy atom. The molecule has 3 aromatic rings. The van der Waals surface area contributed by atoms with Crippen molar-refractivity contribution in [1.82, 2.24) is 15.2 Å². The Morgan fingerprint density at radius 3 is 2.88 bits per heavy atom. The van der Waals surface area contributed by atoms with E-state index in [-0.39, 0.29) is 0 Å². The molecular formula is C19H20N4OS. The van der Waals surface area contributed by atoms with Gasteiger partial charge in [0.1, 0.15) is 11.4 Å². The van der Waals surface area contributed by atoms with Gasteiger partial charge in [-0.1, -0.05) is 36.5 Å². The molecule has 3 heterocycles. The summed E-state index contributed by atoms with van der Waals surface area (Å²) in [5.41, 5.74) is 2.13. The van der Waals surface area contributed by atoms with Crippen LogP contribution < -0.4 is 9.64 Å². The molecule has 1 aromatic carbocycles. The summed E-state index contributed by atoms with van der Waals surface area (Å²) in [4.78, 5) is 6.74. The molecule has 0 unspecified atom stereocenters. The summed E-state index contributed by atoms with van der Waals surface area (Å²) in [7, 11) is 1.71. The molecule has 2 atom stereocenters. The molecule has 0 bridgehead atoms. The lowest BCUT2D eigenvalue weighted by Gasteiger charge is -2.24. The summed E-state index contributed by atoms with van der Waals surface area (Å²) in [5, 5.41) is 10.6. The fourth-order valence-electron chi connectivity index (χ4n) is 3.35. The maximum Gasteiger partial charge on any atom is 0.209 e. The first-order chi connectivity index (χ1) is 12.2. The van der Waals surface area contributed by atoms with Gasteiger partial charge in [-0.25, -0.2) is 0 Å². The number of rotatable bonds is 4. The molecule has 1 saturated heterocycles. The molecule has 6 heteroatoms. The Morgan fingerprint density at radius 2 is 2.08 bits per heavy atom. The van der Waals surface area contributed by atoms with E-state index in [4.69, 9.17) is 4.74 Å². The van der Waals surface area contributed by atoms with Crippen molar-refractivity contribution < 1.29 is 4.74 Å². The molecule has 128 valence electrons. The van der Waals surface area contributed by atoms with E-state index < -0.39 is 0 Å². The first-order valence-corrected chi connectivity index (χ1v) is 9.21. The first kappa shape index (κ1) is 16.0. The topological polar surface area (TPSA) is 51.1 Å². The van der Waals surface area contributed by atoms with Gasteiger partial charge in [-0.15, -0.1) is 10.2 Å². The molecule has 0 saturated carbocycles. The molecule has 1 aliphatic heterocycles. The van der Waals surface area contributed by atoms with E-state index in [9.17, 15) is 0 Å². The molecule has 4 rings (SSSR count). The van der Waals surface area contributed by atoms with Crippen molar-refractivity contribution in [2.24, 2.45) is 5.92 Å². The molecule has 1 fully saturated rings. The lowest BCUT2D eigenvalue weighted by Crippen LogP contribution is -2.23. The average Bonchev–Trinajstić information content (AvgIpc) is 3.29. The third-order valence-corrected chi connectivity index (χ3v) is 5.52. The van der Waals surface area contributed by atoms with Gasteiger partial charge >= 0.3 is 0 Å². The minimum absolute atomic E-state index is 0.301. The SMILES string of the molecule is COc1cccc([C@H]2C[C@H](C)CN2c2nnc(-c3ccccn3)s2)c1. The van der Waals surface area contributed by atoms with Crippen LogP contribution in [0.25, 0.3) is 10.7 Å². The lowest BCUT2D eigenvalue weighted by atomic mass is 10.0. The summed E-state index contributed by atoms with van der Waals surface area (Å²) >= 11 is 1.60. The van der Waals surface area contributed by atoms with E-state index in [0.717, 1.165) is 34.5 Å². The number of methoxy groups -OCH3 is 1. The maximum absolute atomic E-state index is 5.39. The highest BCUT2D eigenvalue weighted by atomic mass is 32.1. The van der Waals surface area contributed by atoms with E-state index in [1.807, 2.05) is 24.3 Å². The number of anilines is 1. The predicted molar refractivity (Wildman–Crippen MR) is 100 cm³/mol. The van der Waals surface area contributed by atoms with Crippen molar-refractivity contribution in [2.75, 3.05) is 18.6 Å². The molecular weight excluding hydrogens is 332 g/mol. The van der Waals surface area contributed by atoms with Crippen molar-refractivity contribution in [1.29, 1.82) is 0 Å². The summed E-state index contributed by atoms with van der Waals surface area (Å²) in [6.45, 7) is 3.27. The van der Waals surface area contributed by atoms with Crippen molar-refractivity contribution >= 4 is 16.5 Å². The fourth-order valence-corrected chi connectivity index (χ4v) is 4.23. The van der Waals surface area contributed by atoms with Gasteiger partial charge in [-0.05, 0) is 42.2 Å². The molecule has 5 nitrogen and oxygen atoms in total. The third-order valence-electron chi connectivity index (χ3n) is 4.53. The molecule has 0 spiro atoms. The van der Waals surface area contributed by atoms with Crippen LogP contribution in [0.1, 0.15) is 24.9 Å². The quantitative estimate of drug-likeness (QED) is 0.704. The second kappa shape index (κ2) is 6.80. The largest absolute Gasteiger partial charge is 0.497 e. The first-order valence-electron chi connectivity index (χ1n) is 8.40. The van der Waals surface area contributed by atoms with Gasteiger partial charge in [0.25, 0.3) is 0 Å². The van der Waals surface area contributed by atoms with Crippen molar-refractivity contribution in [3.63, 3.8) is 0 Å². The molecule has 1 aliphatic rings. The molecule has 0 amide bonds. The van der Waals surface area contributed by atoms with Crippen LogP contribution in [-0.2, 0) is 0 Å². The van der Waals surface area contributed by atoms with Crippen LogP contribution in [0.5, 0.6) is 5.75 Å². The van der Waals surface area contributed by atoms with Gasteiger partial charge in [-0.2, -0.15) is 0 Å². The monoisotopic (exact) mass is 352 g/mol. The van der Waals surface area contributed by atoms with Crippen LogP contribution in [0.2, 0.25) is 0 Å². The van der Waals surface area contributed by atoms with Crippen LogP contribution in [0.4, 0.5) is 5.13 Å². The van der Waals surface area contributed by atoms with Crippen molar-refractivity contribution in [3.05, 3.63) is 54.2 Å². The number of ether oxygens (including phenoxy) is 1. The van der Waals surface area contributed by atoms with Gasteiger partial charge < -0.3 is 9.64 Å². The Hall–Kier alpha value is -2.47. The van der Waals surface area contributed by atoms with Crippen LogP contribution in [0, 0.1) is 5.92 Å². The zero-order chi connectivity index (χ0) is 17.2. The number of hydrogen-bond donors (Lipinski definition) is 0. The Kier molecular flexibility index (Phi) is 4.36. The Labute approximate surface area is 151 Å². The number of aromatic nitrogens is 3. The standard InChI is InChI=1S/C19H20N4OS/c1-13-10-17(14-6-5-7-15(11-14)24-2)23(12-13)19-22-21-18(25-19)16-8-3-4-9-20-16/h3-9,11,13,17H,10,12H2,1-2H3/t13-,17+/m0/s1. The summed E-state index contributed by atoms with van der Waals surface area (Å²) in [6.07, 6.45) is 2.89. The van der Waals surface area contributed by atoms with E-state index in [2.05, 4.69) is 45.2 Å². The minimum Gasteiger partial charge on any atom is -0.497 e. The van der Waals surface area contributed by atoms with Crippen LogP contribution >= 0.6 is 11.3 Å². The number of nitrogens with zero attached hydrogens (tertiary/aromatic N) is 4. The van der Waals surface area contributed by atoms with Crippen molar-refractivity contribution in [3.8, 4) is 16.5 Å². The zero-order valence-electron chi connectivity index (χ0n) is 14.3. The molecule has 25 heavy (non-hydrogen) atoms. The van der Waals surface area contributed by atoms with E-state index >= 15 is 0 Å². The summed E-state index contributed by atoms with van der Waals surface area (Å²) in [6, 6.07) is 14.5. The third kappa shape index (κ3) is 3.22. The van der Waals surface area contributed by atoms with Gasteiger partial charge in [0, 0.05) is 12.7 Å². The minimum atomic E-state index is 0.301. The highest BCUT2D eigenvalue weighted by Crippen LogP contribution is 2.41. The average molecular weight is 352 g/mol. The molecule has 0 N–H and O–H groups in total. The summed E-state index contributed by atoms with van der Waals surface area (Å²) in [5.74, 6) is 1.50. The van der Waals surface area contributed by atoms with Crippen molar-refractivity contribution in [2.45, 2.75) is 19.4 Å². The van der Waals surface area contributed by atoms with Gasteiger partial charge in [-0.3, -0.25) is 4.98 Å². The van der Waals surface area contributed by atoms with E-state index in [0.29, 0.717) is 12.0 Å². The highest BCUT2D eigenvalue weighted by Gasteiger charge is 2.33. The van der Waals surface area contributed by atoms with Crippen LogP contribution in [-0.4, -0.2) is 28.8 Å². The lowest BCUT2D eigenvalue weighted by molar-refractivity contribution is 0.413. The molecule has 2 aromatic heterocycles. The predicted octanol–water partition coefficient (Wildman–Crippen LogP) is 4.20. The van der Waals surface area contributed by atoms with Gasteiger partial charge in [0.05, 0.1) is 13.2 Å². The van der Waals surface area contributed by atoms with Gasteiger partial charge in [0.2, 0.25) is 5.13 Å². The normalized spacial score (nSPS) is 20.0. The summed E-state index contributed by atoms with van der Waals surface area (Å²) < 4.78 is 5.39. The van der Waals surface area contributed by atoms with Crippen LogP contribution in [0.15, 0.2) is 48.7 Å². The van der Waals surface area contributed by atoms with E-state index in [1.165, 1.54) is 5.56 Å². The number of benzene rings is 1. The Bertz CT molecular complexity index is 851. The Balaban J connectivity index is 1.65. The maximum atomic E-state index is 5.39. The zero-order valence-corrected chi connectivity index (χ0v) is 15.1. The van der Waals surface area contributed by atoms with Crippen LogP contribution in [0.3, 0.4) is 0 Å². The molecule has 0 radical (unpaired) electrons. The highest BCUT2D eigenvalue weighted by molar-refractivity contribution is 7.18. The van der Waals surface area contributed by atoms with E-state index in [1.54, 1.807) is 24.6 Å². The second-order valence-electron chi connectivity index (χ2n) is 6.39. The number of hydrogen-bond acceptors (Lipinski definition) is 6. The number of pyridine rings is 1.